The summed E-state index contributed by atoms with van der Waals surface area (Å²) < 4.78 is 38.4. The number of likely N-dealkylation sites (tertiary alicyclic amines) is 1. The van der Waals surface area contributed by atoms with Crippen LogP contribution in [0.5, 0.6) is 11.5 Å². The molecule has 3 atom stereocenters. The zero-order valence-corrected chi connectivity index (χ0v) is 17.1. The summed E-state index contributed by atoms with van der Waals surface area (Å²) in [6.07, 6.45) is 0.394. The molecule has 0 aliphatic carbocycles. The van der Waals surface area contributed by atoms with E-state index in [1.165, 1.54) is 4.90 Å². The number of aryl methyl sites for hydroxylation is 1. The number of rotatable bonds is 3. The Labute approximate surface area is 165 Å². The molecule has 2 aliphatic heterocycles. The molecule has 2 heterocycles. The van der Waals surface area contributed by atoms with Gasteiger partial charge in [-0.15, -0.1) is 0 Å². The fraction of sp³-hybridized carbons (Fsp3) is 0.381. The van der Waals surface area contributed by atoms with Gasteiger partial charge in [0.1, 0.15) is 11.5 Å². The van der Waals surface area contributed by atoms with Gasteiger partial charge in [0.2, 0.25) is 5.91 Å². The first-order valence-electron chi connectivity index (χ1n) is 9.12. The molecule has 148 valence electrons. The maximum atomic E-state index is 13.5. The summed E-state index contributed by atoms with van der Waals surface area (Å²) in [6.45, 7) is 3.71. The number of piperidine rings is 1. The Morgan fingerprint density at radius 1 is 1.18 bits per heavy atom. The van der Waals surface area contributed by atoms with Crippen LogP contribution in [0.3, 0.4) is 0 Å². The molecule has 4 rings (SSSR count). The molecule has 2 aromatic rings. The summed E-state index contributed by atoms with van der Waals surface area (Å²) in [7, 11) is -0.735. The lowest BCUT2D eigenvalue weighted by molar-refractivity contribution is -0.159. The Hall–Kier alpha value is -2.54. The third kappa shape index (κ3) is 2.68. The van der Waals surface area contributed by atoms with Crippen molar-refractivity contribution >= 4 is 15.7 Å². The average Bonchev–Trinajstić information content (AvgIpc) is 2.66. The van der Waals surface area contributed by atoms with Gasteiger partial charge in [-0.05, 0) is 44.2 Å². The molecule has 0 spiro atoms. The van der Waals surface area contributed by atoms with Crippen molar-refractivity contribution in [3.05, 3.63) is 53.6 Å². The van der Waals surface area contributed by atoms with Gasteiger partial charge in [-0.25, -0.2) is 8.42 Å². The predicted molar refractivity (Wildman–Crippen MR) is 104 cm³/mol. The van der Waals surface area contributed by atoms with Gasteiger partial charge in [0.15, 0.2) is 20.8 Å². The molecule has 0 saturated carbocycles. The normalized spacial score (nSPS) is 26.4. The van der Waals surface area contributed by atoms with Gasteiger partial charge < -0.3 is 14.4 Å². The molecule has 6 nitrogen and oxygen atoms in total. The number of nitrogens with zero attached hydrogens (tertiary/aromatic N) is 1. The van der Waals surface area contributed by atoms with E-state index in [0.717, 1.165) is 5.56 Å². The summed E-state index contributed by atoms with van der Waals surface area (Å²) >= 11 is 0. The SMILES string of the molecule is COc1ccc2c(c1)[C@H]1C[C@@](C)(O2)N(C)C(=O)[C@H]1S(=O)(=O)c1ccc(C)cc1. The molecule has 1 amide bonds. The van der Waals surface area contributed by atoms with Crippen molar-refractivity contribution in [3.8, 4) is 11.5 Å². The number of carbonyl (C=O) groups is 1. The Morgan fingerprint density at radius 3 is 2.50 bits per heavy atom. The molecule has 0 N–H and O–H groups in total. The highest BCUT2D eigenvalue weighted by atomic mass is 32.2. The number of carbonyl (C=O) groups excluding carboxylic acids is 1. The number of amides is 1. The van der Waals surface area contributed by atoms with E-state index in [1.807, 2.05) is 13.8 Å². The van der Waals surface area contributed by atoms with Crippen LogP contribution in [-0.2, 0) is 14.6 Å². The van der Waals surface area contributed by atoms with E-state index in [2.05, 4.69) is 0 Å². The Balaban J connectivity index is 1.89. The van der Waals surface area contributed by atoms with Gasteiger partial charge >= 0.3 is 0 Å². The minimum atomic E-state index is -3.89. The number of hydrogen-bond acceptors (Lipinski definition) is 5. The summed E-state index contributed by atoms with van der Waals surface area (Å²) in [5.41, 5.74) is 0.765. The molecule has 7 heteroatoms. The van der Waals surface area contributed by atoms with Gasteiger partial charge in [-0.1, -0.05) is 17.7 Å². The maximum absolute atomic E-state index is 13.5. The lowest BCUT2D eigenvalue weighted by atomic mass is 9.80. The summed E-state index contributed by atoms with van der Waals surface area (Å²) in [4.78, 5) is 14.8. The van der Waals surface area contributed by atoms with Crippen molar-refractivity contribution in [2.45, 2.75) is 42.1 Å². The summed E-state index contributed by atoms with van der Waals surface area (Å²) in [5.74, 6) is 0.221. The molecule has 2 aromatic carbocycles. The zero-order valence-electron chi connectivity index (χ0n) is 16.3. The number of hydrogen-bond donors (Lipinski definition) is 0. The van der Waals surface area contributed by atoms with Crippen LogP contribution >= 0.6 is 0 Å². The van der Waals surface area contributed by atoms with Crippen molar-refractivity contribution in [3.63, 3.8) is 0 Å². The molecular weight excluding hydrogens is 378 g/mol. The molecule has 1 saturated heterocycles. The van der Waals surface area contributed by atoms with E-state index in [-0.39, 0.29) is 4.90 Å². The highest BCUT2D eigenvalue weighted by Crippen LogP contribution is 2.50. The monoisotopic (exact) mass is 401 g/mol. The van der Waals surface area contributed by atoms with E-state index in [9.17, 15) is 13.2 Å². The second-order valence-corrected chi connectivity index (χ2v) is 9.74. The number of ether oxygens (including phenoxy) is 2. The lowest BCUT2D eigenvalue weighted by Crippen LogP contribution is -2.64. The third-order valence-corrected chi connectivity index (χ3v) is 8.01. The Morgan fingerprint density at radius 2 is 1.86 bits per heavy atom. The Kier molecular flexibility index (Phi) is 4.19. The third-order valence-electron chi connectivity index (χ3n) is 5.88. The van der Waals surface area contributed by atoms with Gasteiger partial charge in [0, 0.05) is 24.9 Å². The predicted octanol–water partition coefficient (Wildman–Crippen LogP) is 2.90. The first-order valence-corrected chi connectivity index (χ1v) is 10.7. The second-order valence-electron chi connectivity index (χ2n) is 7.67. The quantitative estimate of drug-likeness (QED) is 0.791. The molecule has 2 bridgehead atoms. The molecule has 1 fully saturated rings. The van der Waals surface area contributed by atoms with Crippen LogP contribution in [0.15, 0.2) is 47.4 Å². The summed E-state index contributed by atoms with van der Waals surface area (Å²) in [5, 5.41) is -1.21. The zero-order chi connectivity index (χ0) is 20.3. The van der Waals surface area contributed by atoms with E-state index < -0.39 is 32.6 Å². The summed E-state index contributed by atoms with van der Waals surface area (Å²) in [6, 6.07) is 11.9. The van der Waals surface area contributed by atoms with Crippen LogP contribution in [0.1, 0.15) is 30.4 Å². The lowest BCUT2D eigenvalue weighted by Gasteiger charge is -2.51. The van der Waals surface area contributed by atoms with Crippen LogP contribution < -0.4 is 9.47 Å². The smallest absolute Gasteiger partial charge is 0.244 e. The fourth-order valence-corrected chi connectivity index (χ4v) is 6.04. The molecular formula is C21H23NO5S. The first-order chi connectivity index (χ1) is 13.2. The van der Waals surface area contributed by atoms with E-state index in [0.29, 0.717) is 23.5 Å². The highest BCUT2D eigenvalue weighted by molar-refractivity contribution is 7.92. The minimum absolute atomic E-state index is 0.157. The standard InChI is InChI=1S/C21H23NO5S/c1-13-5-8-15(9-6-13)28(24,25)19-17-12-21(2,22(3)20(19)23)27-18-10-7-14(26-4)11-16(17)18/h5-11,17,19H,12H2,1-4H3/t17-,19+,21-/m1/s1. The van der Waals surface area contributed by atoms with Crippen molar-refractivity contribution in [1.82, 2.24) is 4.90 Å². The van der Waals surface area contributed by atoms with Crippen LogP contribution in [0.2, 0.25) is 0 Å². The first kappa shape index (κ1) is 18.8. The molecule has 28 heavy (non-hydrogen) atoms. The van der Waals surface area contributed by atoms with Crippen LogP contribution in [-0.4, -0.2) is 44.4 Å². The molecule has 0 unspecified atom stereocenters. The van der Waals surface area contributed by atoms with Gasteiger partial charge in [-0.3, -0.25) is 4.79 Å². The largest absolute Gasteiger partial charge is 0.497 e. The second kappa shape index (κ2) is 6.24. The van der Waals surface area contributed by atoms with Gasteiger partial charge in [0.25, 0.3) is 0 Å². The average molecular weight is 401 g/mol. The maximum Gasteiger partial charge on any atom is 0.244 e. The van der Waals surface area contributed by atoms with Crippen LogP contribution in [0.25, 0.3) is 0 Å². The number of benzene rings is 2. The highest BCUT2D eigenvalue weighted by Gasteiger charge is 2.57. The van der Waals surface area contributed by atoms with Crippen molar-refractivity contribution < 1.29 is 22.7 Å². The molecule has 2 aliphatic rings. The van der Waals surface area contributed by atoms with Gasteiger partial charge in [0.05, 0.1) is 12.0 Å². The minimum Gasteiger partial charge on any atom is -0.497 e. The van der Waals surface area contributed by atoms with Gasteiger partial charge in [-0.2, -0.15) is 0 Å². The topological polar surface area (TPSA) is 72.9 Å². The number of sulfone groups is 1. The molecule has 0 radical (unpaired) electrons. The molecule has 0 aromatic heterocycles. The Bertz CT molecular complexity index is 1050. The van der Waals surface area contributed by atoms with Crippen molar-refractivity contribution in [2.24, 2.45) is 0 Å². The van der Waals surface area contributed by atoms with Crippen LogP contribution in [0.4, 0.5) is 0 Å². The number of fused-ring (bicyclic) bond motifs is 4. The fourth-order valence-electron chi connectivity index (χ4n) is 4.13. The van der Waals surface area contributed by atoms with Crippen molar-refractivity contribution in [2.75, 3.05) is 14.2 Å². The van der Waals surface area contributed by atoms with Crippen LogP contribution in [0, 0.1) is 6.92 Å². The van der Waals surface area contributed by atoms with E-state index in [4.69, 9.17) is 9.47 Å². The van der Waals surface area contributed by atoms with E-state index in [1.54, 1.807) is 56.6 Å². The number of methoxy groups -OCH3 is 1. The van der Waals surface area contributed by atoms with Crippen molar-refractivity contribution in [1.29, 1.82) is 0 Å². The van der Waals surface area contributed by atoms with E-state index >= 15 is 0 Å².